The van der Waals surface area contributed by atoms with Crippen LogP contribution in [0, 0.1) is 0 Å². The fourth-order valence-electron chi connectivity index (χ4n) is 2.03. The predicted octanol–water partition coefficient (Wildman–Crippen LogP) is 1.54. The first-order chi connectivity index (χ1) is 8.81. The van der Waals surface area contributed by atoms with E-state index in [1.54, 1.807) is 0 Å². The summed E-state index contributed by atoms with van der Waals surface area (Å²) in [6.45, 7) is 1.10. The van der Waals surface area contributed by atoms with Crippen LogP contribution in [0.1, 0.15) is 18.4 Å². The number of carbonyl (C=O) groups is 1. The van der Waals surface area contributed by atoms with E-state index in [9.17, 15) is 4.79 Å². The molecule has 1 heterocycles. The van der Waals surface area contributed by atoms with E-state index in [-0.39, 0.29) is 5.91 Å². The molecule has 18 heavy (non-hydrogen) atoms. The maximum atomic E-state index is 11.5. The smallest absolute Gasteiger partial charge is 0.234 e. The van der Waals surface area contributed by atoms with Crippen molar-refractivity contribution >= 4 is 16.8 Å². The lowest BCUT2D eigenvalue weighted by molar-refractivity contribution is -0.120. The van der Waals surface area contributed by atoms with Gasteiger partial charge in [-0.25, -0.2) is 0 Å². The zero-order valence-corrected chi connectivity index (χ0v) is 10.2. The number of benzene rings is 1. The molecule has 3 N–H and O–H groups in total. The summed E-state index contributed by atoms with van der Waals surface area (Å²) in [5, 5.41) is 7.34. The number of H-pyrrole nitrogens is 1. The fraction of sp³-hybridized carbons (Fsp3) is 0.357. The Labute approximate surface area is 106 Å². The summed E-state index contributed by atoms with van der Waals surface area (Å²) < 4.78 is 0. The average Bonchev–Trinajstić information content (AvgIpc) is 3.05. The second kappa shape index (κ2) is 4.82. The largest absolute Gasteiger partial charge is 0.361 e. The molecular weight excluding hydrogens is 226 g/mol. The highest BCUT2D eigenvalue weighted by Crippen LogP contribution is 2.18. The van der Waals surface area contributed by atoms with Gasteiger partial charge in [-0.1, -0.05) is 12.1 Å². The highest BCUT2D eigenvalue weighted by Gasteiger charge is 2.22. The Morgan fingerprint density at radius 3 is 3.06 bits per heavy atom. The third-order valence-corrected chi connectivity index (χ3v) is 3.18. The van der Waals surface area contributed by atoms with E-state index in [1.807, 2.05) is 6.20 Å². The third kappa shape index (κ3) is 2.71. The van der Waals surface area contributed by atoms with E-state index in [0.717, 1.165) is 18.4 Å². The van der Waals surface area contributed by atoms with Gasteiger partial charge < -0.3 is 15.6 Å². The number of carbonyl (C=O) groups excluding carboxylic acids is 1. The van der Waals surface area contributed by atoms with Crippen LogP contribution in [-0.4, -0.2) is 23.5 Å². The minimum absolute atomic E-state index is 0.0958. The van der Waals surface area contributed by atoms with E-state index >= 15 is 0 Å². The van der Waals surface area contributed by atoms with Gasteiger partial charge in [0.15, 0.2) is 0 Å². The van der Waals surface area contributed by atoms with Gasteiger partial charge in [0.2, 0.25) is 5.91 Å². The van der Waals surface area contributed by atoms with Crippen LogP contribution < -0.4 is 10.6 Å². The van der Waals surface area contributed by atoms with Gasteiger partial charge in [0.25, 0.3) is 0 Å². The van der Waals surface area contributed by atoms with E-state index in [2.05, 4.69) is 39.9 Å². The molecule has 1 aromatic carbocycles. The maximum absolute atomic E-state index is 11.5. The van der Waals surface area contributed by atoms with Gasteiger partial charge >= 0.3 is 0 Å². The highest BCUT2D eigenvalue weighted by atomic mass is 16.2. The van der Waals surface area contributed by atoms with Gasteiger partial charge in [0.05, 0.1) is 6.54 Å². The van der Waals surface area contributed by atoms with Crippen LogP contribution in [0.25, 0.3) is 10.9 Å². The van der Waals surface area contributed by atoms with Gasteiger partial charge in [0, 0.05) is 24.3 Å². The second-order valence-corrected chi connectivity index (χ2v) is 4.84. The average molecular weight is 243 g/mol. The summed E-state index contributed by atoms with van der Waals surface area (Å²) in [6.07, 6.45) is 4.20. The molecule has 0 radical (unpaired) electrons. The molecule has 1 saturated carbocycles. The fourth-order valence-corrected chi connectivity index (χ4v) is 2.03. The summed E-state index contributed by atoms with van der Waals surface area (Å²) in [5.41, 5.74) is 2.32. The van der Waals surface area contributed by atoms with Crippen LogP contribution in [0.5, 0.6) is 0 Å². The SMILES string of the molecule is O=C(CNCc1ccc2cc[nH]c2c1)NC1CC1. The Balaban J connectivity index is 1.50. The van der Waals surface area contributed by atoms with Crippen molar-refractivity contribution in [3.63, 3.8) is 0 Å². The van der Waals surface area contributed by atoms with Crippen LogP contribution in [0.4, 0.5) is 0 Å². The molecule has 1 fully saturated rings. The van der Waals surface area contributed by atoms with Gasteiger partial charge in [0.1, 0.15) is 0 Å². The number of hydrogen-bond donors (Lipinski definition) is 3. The van der Waals surface area contributed by atoms with Crippen molar-refractivity contribution in [3.05, 3.63) is 36.0 Å². The van der Waals surface area contributed by atoms with Gasteiger partial charge in [-0.05, 0) is 35.9 Å². The summed E-state index contributed by atoms with van der Waals surface area (Å²) in [5.74, 6) is 0.0958. The zero-order valence-electron chi connectivity index (χ0n) is 10.2. The number of aromatic amines is 1. The number of amides is 1. The summed E-state index contributed by atoms with van der Waals surface area (Å²) >= 11 is 0. The zero-order chi connectivity index (χ0) is 12.4. The highest BCUT2D eigenvalue weighted by molar-refractivity contribution is 5.80. The lowest BCUT2D eigenvalue weighted by Crippen LogP contribution is -2.34. The molecule has 4 heteroatoms. The molecule has 1 aliphatic carbocycles. The van der Waals surface area contributed by atoms with Crippen molar-refractivity contribution in [2.75, 3.05) is 6.54 Å². The third-order valence-electron chi connectivity index (χ3n) is 3.18. The molecule has 1 aliphatic rings. The first-order valence-corrected chi connectivity index (χ1v) is 6.37. The van der Waals surface area contributed by atoms with E-state index < -0.39 is 0 Å². The first-order valence-electron chi connectivity index (χ1n) is 6.37. The molecule has 0 spiro atoms. The second-order valence-electron chi connectivity index (χ2n) is 4.84. The Hall–Kier alpha value is -1.81. The Morgan fingerprint density at radius 2 is 2.22 bits per heavy atom. The summed E-state index contributed by atoms with van der Waals surface area (Å²) in [7, 11) is 0. The van der Waals surface area contributed by atoms with Crippen molar-refractivity contribution < 1.29 is 4.79 Å². The van der Waals surface area contributed by atoms with Crippen LogP contribution in [0.15, 0.2) is 30.5 Å². The van der Waals surface area contributed by atoms with Crippen molar-refractivity contribution in [1.82, 2.24) is 15.6 Å². The minimum Gasteiger partial charge on any atom is -0.361 e. The van der Waals surface area contributed by atoms with Crippen molar-refractivity contribution in [2.24, 2.45) is 0 Å². The number of hydrogen-bond acceptors (Lipinski definition) is 2. The maximum Gasteiger partial charge on any atom is 0.234 e. The van der Waals surface area contributed by atoms with E-state index in [4.69, 9.17) is 0 Å². The Bertz CT molecular complexity index is 557. The van der Waals surface area contributed by atoms with Crippen LogP contribution in [0.3, 0.4) is 0 Å². The lowest BCUT2D eigenvalue weighted by atomic mass is 10.1. The standard InChI is InChI=1S/C14H17N3O/c18-14(17-12-3-4-12)9-15-8-10-1-2-11-5-6-16-13(11)7-10/h1-2,5-7,12,15-16H,3-4,8-9H2,(H,17,18). The van der Waals surface area contributed by atoms with Crippen LogP contribution >= 0.6 is 0 Å². The molecular formula is C14H17N3O. The molecule has 1 amide bonds. The van der Waals surface area contributed by atoms with E-state index in [1.165, 1.54) is 10.9 Å². The topological polar surface area (TPSA) is 56.9 Å². The van der Waals surface area contributed by atoms with Gasteiger partial charge in [-0.15, -0.1) is 0 Å². The minimum atomic E-state index is 0.0958. The number of nitrogens with one attached hydrogen (secondary N) is 3. The quantitative estimate of drug-likeness (QED) is 0.746. The monoisotopic (exact) mass is 243 g/mol. The van der Waals surface area contributed by atoms with Gasteiger partial charge in [-0.2, -0.15) is 0 Å². The molecule has 0 bridgehead atoms. The predicted molar refractivity (Wildman–Crippen MR) is 71.2 cm³/mol. The lowest BCUT2D eigenvalue weighted by Gasteiger charge is -2.06. The van der Waals surface area contributed by atoms with Crippen LogP contribution in [0.2, 0.25) is 0 Å². The number of fused-ring (bicyclic) bond motifs is 1. The molecule has 0 unspecified atom stereocenters. The van der Waals surface area contributed by atoms with Crippen LogP contribution in [-0.2, 0) is 11.3 Å². The molecule has 94 valence electrons. The Morgan fingerprint density at radius 1 is 1.33 bits per heavy atom. The summed E-state index contributed by atoms with van der Waals surface area (Å²) in [6, 6.07) is 8.78. The number of aromatic nitrogens is 1. The molecule has 2 aromatic rings. The molecule has 0 saturated heterocycles. The Kier molecular flexibility index (Phi) is 3.02. The normalized spacial score (nSPS) is 14.9. The molecule has 3 rings (SSSR count). The van der Waals surface area contributed by atoms with Crippen molar-refractivity contribution in [2.45, 2.75) is 25.4 Å². The van der Waals surface area contributed by atoms with Crippen molar-refractivity contribution in [3.8, 4) is 0 Å². The first kappa shape index (κ1) is 11.3. The molecule has 4 nitrogen and oxygen atoms in total. The molecule has 0 atom stereocenters. The van der Waals surface area contributed by atoms with E-state index in [0.29, 0.717) is 19.1 Å². The number of rotatable bonds is 5. The molecule has 0 aliphatic heterocycles. The summed E-state index contributed by atoms with van der Waals surface area (Å²) in [4.78, 5) is 14.7. The van der Waals surface area contributed by atoms with Gasteiger partial charge in [-0.3, -0.25) is 4.79 Å². The van der Waals surface area contributed by atoms with Crippen molar-refractivity contribution in [1.29, 1.82) is 0 Å². The molecule has 1 aromatic heterocycles.